The van der Waals surface area contributed by atoms with Crippen molar-refractivity contribution in [3.63, 3.8) is 0 Å². The number of nitrogens with one attached hydrogen (secondary N) is 2. The van der Waals surface area contributed by atoms with Crippen LogP contribution in [-0.4, -0.2) is 36.0 Å². The minimum Gasteiger partial charge on any atom is -0.504 e. The molecule has 13 heteroatoms. The van der Waals surface area contributed by atoms with Crippen LogP contribution >= 0.6 is 0 Å². The number of phenolic OH excluding ortho intramolecular Hbond substituents is 1. The van der Waals surface area contributed by atoms with Gasteiger partial charge < -0.3 is 10.4 Å². The van der Waals surface area contributed by atoms with E-state index in [0.717, 1.165) is 12.1 Å². The predicted molar refractivity (Wildman–Crippen MR) is 122 cm³/mol. The molecular formula is C21H20FN5O6S. The maximum atomic E-state index is 12.8. The zero-order valence-corrected chi connectivity index (χ0v) is 18.3. The number of nitrogens with zero attached hydrogens (tertiary/aromatic N) is 3. The molecule has 0 aliphatic carbocycles. The van der Waals surface area contributed by atoms with Gasteiger partial charge in [0.2, 0.25) is 5.84 Å². The Balaban J connectivity index is 2.03. The first-order valence-corrected chi connectivity index (χ1v) is 11.1. The molecular weight excluding hydrogens is 469 g/mol. The van der Waals surface area contributed by atoms with E-state index >= 15 is 0 Å². The molecule has 0 aliphatic heterocycles. The van der Waals surface area contributed by atoms with Crippen molar-refractivity contribution in [1.82, 2.24) is 0 Å². The average Bonchev–Trinajstić information content (AvgIpc) is 2.82. The number of anilines is 2. The highest BCUT2D eigenvalue weighted by Gasteiger charge is 2.17. The van der Waals surface area contributed by atoms with Crippen molar-refractivity contribution >= 4 is 33.0 Å². The van der Waals surface area contributed by atoms with Gasteiger partial charge in [-0.2, -0.15) is 13.5 Å². The Morgan fingerprint density at radius 1 is 1.03 bits per heavy atom. The Morgan fingerprint density at radius 2 is 1.71 bits per heavy atom. The van der Waals surface area contributed by atoms with Gasteiger partial charge >= 0.3 is 0 Å². The molecule has 3 aromatic rings. The van der Waals surface area contributed by atoms with Crippen LogP contribution in [-0.2, 0) is 21.6 Å². The largest absolute Gasteiger partial charge is 0.504 e. The highest BCUT2D eigenvalue weighted by atomic mass is 32.2. The highest BCUT2D eigenvalue weighted by molar-refractivity contribution is 7.85. The monoisotopic (exact) mass is 489 g/mol. The number of hydrogen-bond acceptors (Lipinski definition) is 9. The third-order valence-corrected chi connectivity index (χ3v) is 5.25. The number of benzene rings is 3. The Morgan fingerprint density at radius 3 is 2.38 bits per heavy atom. The predicted octanol–water partition coefficient (Wildman–Crippen LogP) is 4.53. The van der Waals surface area contributed by atoms with Gasteiger partial charge in [-0.05, 0) is 18.2 Å². The van der Waals surface area contributed by atoms with E-state index in [4.69, 9.17) is 5.26 Å². The van der Waals surface area contributed by atoms with Gasteiger partial charge in [-0.15, -0.1) is 10.2 Å². The summed E-state index contributed by atoms with van der Waals surface area (Å²) in [5.41, 5.74) is 3.41. The smallest absolute Gasteiger partial charge is 0.294 e. The van der Waals surface area contributed by atoms with E-state index in [0.29, 0.717) is 16.8 Å². The number of hydrazone groups is 1. The maximum absolute atomic E-state index is 12.8. The summed E-state index contributed by atoms with van der Waals surface area (Å²) in [5.74, 6) is -0.499. The minimum atomic E-state index is -4.67. The van der Waals surface area contributed by atoms with Gasteiger partial charge in [0.05, 0.1) is 16.3 Å². The Labute approximate surface area is 193 Å². The first-order chi connectivity index (χ1) is 16.3. The van der Waals surface area contributed by atoms with Crippen LogP contribution in [0.5, 0.6) is 5.75 Å². The summed E-state index contributed by atoms with van der Waals surface area (Å²) in [6.07, 6.45) is 0. The molecule has 0 fully saturated rings. The lowest BCUT2D eigenvalue weighted by Crippen LogP contribution is -2.05. The molecule has 0 aromatic heterocycles. The zero-order valence-electron chi connectivity index (χ0n) is 17.5. The molecule has 0 spiro atoms. The van der Waals surface area contributed by atoms with Gasteiger partial charge in [0, 0.05) is 11.1 Å². The van der Waals surface area contributed by atoms with Crippen molar-refractivity contribution in [3.05, 3.63) is 77.9 Å². The van der Waals surface area contributed by atoms with Crippen LogP contribution in [0, 0.1) is 0 Å². The number of rotatable bonds is 9. The molecule has 0 bridgehead atoms. The zero-order chi connectivity index (χ0) is 24.6. The fourth-order valence-corrected chi connectivity index (χ4v) is 3.33. The third kappa shape index (κ3) is 6.32. The first-order valence-electron chi connectivity index (χ1n) is 9.63. The van der Waals surface area contributed by atoms with E-state index < -0.39 is 27.6 Å². The van der Waals surface area contributed by atoms with Crippen molar-refractivity contribution in [2.24, 2.45) is 15.3 Å². The normalized spacial score (nSPS) is 12.1. The molecule has 3 aromatic carbocycles. The lowest BCUT2D eigenvalue weighted by atomic mass is 10.2. The van der Waals surface area contributed by atoms with Crippen LogP contribution < -0.4 is 10.7 Å². The van der Waals surface area contributed by atoms with Gasteiger partial charge in [0.15, 0.2) is 12.5 Å². The minimum absolute atomic E-state index is 0.0389. The first kappa shape index (κ1) is 24.7. The Hall–Kier alpha value is -3.91. The summed E-state index contributed by atoms with van der Waals surface area (Å²) in [4.78, 5) is 3.58. The number of halogens is 1. The summed E-state index contributed by atoms with van der Waals surface area (Å²) in [6, 6.07) is 17.2. The SMILES string of the molecule is O=S(=O)(O)c1cc(NCF)c(O)c(NN=C(N=Nc2ccccc2COO)c2ccccc2)c1. The topological polar surface area (TPSA) is 165 Å². The fourth-order valence-electron chi connectivity index (χ4n) is 2.80. The van der Waals surface area contributed by atoms with E-state index in [-0.39, 0.29) is 23.8 Å². The Bertz CT molecular complexity index is 1300. The molecule has 0 saturated heterocycles. The number of hydrogen-bond donors (Lipinski definition) is 5. The van der Waals surface area contributed by atoms with Gasteiger partial charge in [0.25, 0.3) is 10.1 Å². The van der Waals surface area contributed by atoms with Gasteiger partial charge in [-0.25, -0.2) is 9.28 Å². The van der Waals surface area contributed by atoms with Gasteiger partial charge in [-0.1, -0.05) is 48.5 Å². The van der Waals surface area contributed by atoms with Gasteiger partial charge in [0.1, 0.15) is 12.3 Å². The number of phenols is 1. The van der Waals surface area contributed by atoms with Crippen LogP contribution in [0.3, 0.4) is 0 Å². The van der Waals surface area contributed by atoms with Crippen LogP contribution in [0.1, 0.15) is 11.1 Å². The molecule has 0 saturated carbocycles. The summed E-state index contributed by atoms with van der Waals surface area (Å²) in [6.45, 7) is -1.22. The van der Waals surface area contributed by atoms with Crippen molar-refractivity contribution < 1.29 is 32.6 Å². The van der Waals surface area contributed by atoms with Crippen LogP contribution in [0.4, 0.5) is 21.5 Å². The molecule has 0 radical (unpaired) electrons. The molecule has 0 unspecified atom stereocenters. The van der Waals surface area contributed by atoms with Crippen molar-refractivity contribution in [3.8, 4) is 5.75 Å². The van der Waals surface area contributed by atoms with Gasteiger partial charge in [-0.3, -0.25) is 15.2 Å². The van der Waals surface area contributed by atoms with Crippen LogP contribution in [0.15, 0.2) is 87.0 Å². The third-order valence-electron chi connectivity index (χ3n) is 4.42. The average molecular weight is 489 g/mol. The maximum Gasteiger partial charge on any atom is 0.294 e. The summed E-state index contributed by atoms with van der Waals surface area (Å²) < 4.78 is 45.3. The van der Waals surface area contributed by atoms with E-state index in [2.05, 4.69) is 31.0 Å². The number of amidine groups is 1. The number of alkyl halides is 1. The Kier molecular flexibility index (Phi) is 8.21. The molecule has 5 N–H and O–H groups in total. The summed E-state index contributed by atoms with van der Waals surface area (Å²) in [5, 5.41) is 33.7. The molecule has 0 aliphatic rings. The van der Waals surface area contributed by atoms with Crippen molar-refractivity contribution in [1.29, 1.82) is 0 Å². The molecule has 11 nitrogen and oxygen atoms in total. The number of azo groups is 1. The van der Waals surface area contributed by atoms with E-state index in [1.165, 1.54) is 0 Å². The lowest BCUT2D eigenvalue weighted by molar-refractivity contribution is -0.252. The van der Waals surface area contributed by atoms with E-state index in [1.807, 2.05) is 0 Å². The van der Waals surface area contributed by atoms with E-state index in [1.54, 1.807) is 54.6 Å². The van der Waals surface area contributed by atoms with Crippen LogP contribution in [0.2, 0.25) is 0 Å². The van der Waals surface area contributed by atoms with Crippen molar-refractivity contribution in [2.75, 3.05) is 17.5 Å². The standard InChI is InChI=1S/C21H20FN5O6S/c22-13-23-18-10-16(34(30,31)32)11-19(20(18)28)25-27-21(14-6-2-1-3-7-14)26-24-17-9-5-4-8-15(17)12-33-29/h1-11,23,25,28-29H,12-13H2,(H,30,31,32). The fraction of sp³-hybridized carbons (Fsp3) is 0.0952. The molecule has 178 valence electrons. The second-order valence-electron chi connectivity index (χ2n) is 6.67. The second kappa shape index (κ2) is 11.3. The van der Waals surface area contributed by atoms with E-state index in [9.17, 15) is 22.5 Å². The van der Waals surface area contributed by atoms with Crippen molar-refractivity contribution in [2.45, 2.75) is 11.5 Å². The quantitative estimate of drug-likeness (QED) is 0.0427. The molecule has 0 amide bonds. The number of aromatic hydroxyl groups is 1. The molecule has 3 rings (SSSR count). The second-order valence-corrected chi connectivity index (χ2v) is 8.09. The summed E-state index contributed by atoms with van der Waals surface area (Å²) in [7, 11) is -4.67. The molecule has 0 heterocycles. The molecule has 34 heavy (non-hydrogen) atoms. The highest BCUT2D eigenvalue weighted by Crippen LogP contribution is 2.35. The lowest BCUT2D eigenvalue weighted by Gasteiger charge is -2.12. The molecule has 0 atom stereocenters. The van der Waals surface area contributed by atoms with Crippen LogP contribution in [0.25, 0.3) is 0 Å². The summed E-state index contributed by atoms with van der Waals surface area (Å²) >= 11 is 0.